The van der Waals surface area contributed by atoms with Crippen molar-refractivity contribution >= 4 is 21.7 Å². The molecule has 0 bridgehead atoms. The molecule has 1 aliphatic rings. The van der Waals surface area contributed by atoms with Gasteiger partial charge in [-0.3, -0.25) is 0 Å². The summed E-state index contributed by atoms with van der Waals surface area (Å²) in [6, 6.07) is 1.22. The Hall–Kier alpha value is -0.780. The van der Waals surface area contributed by atoms with Crippen LogP contribution in [0.2, 0.25) is 0 Å². The fraction of sp³-hybridized carbons (Fsp3) is 0.583. The number of rotatable bonds is 3. The Morgan fingerprint density at radius 1 is 1.44 bits per heavy atom. The van der Waals surface area contributed by atoms with E-state index in [1.165, 1.54) is 12.6 Å². The molecule has 0 aliphatic heterocycles. The van der Waals surface area contributed by atoms with Gasteiger partial charge < -0.3 is 5.32 Å². The molecule has 1 saturated carbocycles. The van der Waals surface area contributed by atoms with Gasteiger partial charge in [-0.05, 0) is 47.7 Å². The first-order valence-corrected chi connectivity index (χ1v) is 6.66. The Morgan fingerprint density at radius 3 is 2.61 bits per heavy atom. The van der Waals surface area contributed by atoms with Crippen molar-refractivity contribution in [2.75, 3.05) is 5.32 Å². The zero-order valence-electron chi connectivity index (χ0n) is 9.89. The number of alkyl halides is 3. The summed E-state index contributed by atoms with van der Waals surface area (Å²) >= 11 is 2.88. The van der Waals surface area contributed by atoms with Crippen molar-refractivity contribution in [1.29, 1.82) is 0 Å². The van der Waals surface area contributed by atoms with Crippen molar-refractivity contribution in [2.45, 2.75) is 38.4 Å². The lowest BCUT2D eigenvalue weighted by molar-refractivity contribution is -0.138. The third-order valence-corrected chi connectivity index (χ3v) is 4.03. The van der Waals surface area contributed by atoms with E-state index < -0.39 is 11.7 Å². The molecule has 2 rings (SSSR count). The van der Waals surface area contributed by atoms with Gasteiger partial charge in [-0.25, -0.2) is 4.98 Å². The molecular formula is C12H14BrF3N2. The lowest BCUT2D eigenvalue weighted by Crippen LogP contribution is -2.31. The van der Waals surface area contributed by atoms with Crippen LogP contribution in [0.4, 0.5) is 19.0 Å². The number of pyridine rings is 1. The van der Waals surface area contributed by atoms with E-state index in [1.807, 2.05) is 6.92 Å². The van der Waals surface area contributed by atoms with Crippen molar-refractivity contribution in [3.63, 3.8) is 0 Å². The van der Waals surface area contributed by atoms with Gasteiger partial charge in [-0.2, -0.15) is 13.2 Å². The molecule has 0 aromatic carbocycles. The first kappa shape index (κ1) is 13.6. The fourth-order valence-electron chi connectivity index (χ4n) is 2.03. The topological polar surface area (TPSA) is 24.9 Å². The molecule has 1 heterocycles. The molecule has 0 radical (unpaired) electrons. The maximum absolute atomic E-state index is 12.7. The van der Waals surface area contributed by atoms with Gasteiger partial charge in [0, 0.05) is 16.7 Å². The van der Waals surface area contributed by atoms with Gasteiger partial charge in [0.25, 0.3) is 0 Å². The lowest BCUT2D eigenvalue weighted by Gasteiger charge is -2.32. The smallest absolute Gasteiger partial charge is 0.367 e. The van der Waals surface area contributed by atoms with Crippen molar-refractivity contribution in [3.05, 3.63) is 22.3 Å². The number of anilines is 1. The van der Waals surface area contributed by atoms with Crippen LogP contribution in [-0.2, 0) is 6.18 Å². The van der Waals surface area contributed by atoms with Crippen LogP contribution in [0.5, 0.6) is 0 Å². The van der Waals surface area contributed by atoms with Gasteiger partial charge in [0.2, 0.25) is 0 Å². The van der Waals surface area contributed by atoms with E-state index >= 15 is 0 Å². The van der Waals surface area contributed by atoms with Crippen LogP contribution in [0.3, 0.4) is 0 Å². The summed E-state index contributed by atoms with van der Waals surface area (Å²) < 4.78 is 38.1. The predicted octanol–water partition coefficient (Wildman–Crippen LogP) is 4.46. The van der Waals surface area contributed by atoms with E-state index in [2.05, 4.69) is 26.2 Å². The molecule has 1 N–H and O–H groups in total. The van der Waals surface area contributed by atoms with E-state index in [4.69, 9.17) is 0 Å². The molecule has 6 heteroatoms. The molecule has 0 amide bonds. The van der Waals surface area contributed by atoms with E-state index in [9.17, 15) is 13.2 Å². The van der Waals surface area contributed by atoms with Crippen LogP contribution < -0.4 is 5.32 Å². The van der Waals surface area contributed by atoms with Crippen LogP contribution in [-0.4, -0.2) is 11.0 Å². The van der Waals surface area contributed by atoms with Crippen molar-refractivity contribution in [3.8, 4) is 0 Å². The summed E-state index contributed by atoms with van der Waals surface area (Å²) in [5.41, 5.74) is -0.694. The van der Waals surface area contributed by atoms with Gasteiger partial charge in [-0.1, -0.05) is 6.42 Å². The second kappa shape index (κ2) is 5.07. The largest absolute Gasteiger partial charge is 0.417 e. The Balaban J connectivity index is 2.14. The zero-order valence-corrected chi connectivity index (χ0v) is 11.5. The minimum atomic E-state index is -4.36. The number of nitrogens with zero attached hydrogens (tertiary/aromatic N) is 1. The van der Waals surface area contributed by atoms with E-state index in [0.717, 1.165) is 18.9 Å². The lowest BCUT2D eigenvalue weighted by atomic mass is 9.80. The van der Waals surface area contributed by atoms with Gasteiger partial charge in [0.1, 0.15) is 5.82 Å². The van der Waals surface area contributed by atoms with Crippen LogP contribution in [0.25, 0.3) is 0 Å². The second-order valence-electron chi connectivity index (χ2n) is 4.67. The summed E-state index contributed by atoms with van der Waals surface area (Å²) in [5.74, 6) is 0.828. The van der Waals surface area contributed by atoms with Crippen molar-refractivity contribution in [1.82, 2.24) is 4.98 Å². The summed E-state index contributed by atoms with van der Waals surface area (Å²) in [6.07, 6.45) is 0.308. The molecule has 1 fully saturated rings. The normalized spacial score (nSPS) is 18.3. The highest BCUT2D eigenvalue weighted by atomic mass is 79.9. The maximum atomic E-state index is 12.7. The van der Waals surface area contributed by atoms with Gasteiger partial charge in [-0.15, -0.1) is 0 Å². The molecule has 0 spiro atoms. The molecule has 18 heavy (non-hydrogen) atoms. The van der Waals surface area contributed by atoms with Gasteiger partial charge in [0.05, 0.1) is 5.56 Å². The summed E-state index contributed by atoms with van der Waals surface area (Å²) in [4.78, 5) is 3.98. The maximum Gasteiger partial charge on any atom is 0.417 e. The average molecular weight is 323 g/mol. The average Bonchev–Trinajstić information content (AvgIpc) is 2.16. The number of hydrogen-bond acceptors (Lipinski definition) is 2. The van der Waals surface area contributed by atoms with E-state index in [-0.39, 0.29) is 16.3 Å². The predicted molar refractivity (Wildman–Crippen MR) is 67.4 cm³/mol. The Bertz CT molecular complexity index is 430. The molecule has 0 saturated heterocycles. The van der Waals surface area contributed by atoms with Gasteiger partial charge >= 0.3 is 6.18 Å². The first-order valence-electron chi connectivity index (χ1n) is 5.87. The number of aromatic nitrogens is 1. The molecule has 2 nitrogen and oxygen atoms in total. The Morgan fingerprint density at radius 2 is 2.11 bits per heavy atom. The highest BCUT2D eigenvalue weighted by Crippen LogP contribution is 2.36. The standard InChI is InChI=1S/C12H14BrF3N2/c1-7(8-3-2-4-8)18-11-5-9(12(14,15)16)10(13)6-17-11/h5-8H,2-4H2,1H3,(H,17,18). The minimum Gasteiger partial charge on any atom is -0.367 e. The minimum absolute atomic E-state index is 0.0307. The van der Waals surface area contributed by atoms with Crippen LogP contribution in [0.1, 0.15) is 31.7 Å². The Kier molecular flexibility index (Phi) is 3.84. The van der Waals surface area contributed by atoms with Crippen LogP contribution >= 0.6 is 15.9 Å². The molecule has 1 aromatic rings. The fourth-order valence-corrected chi connectivity index (χ4v) is 2.47. The van der Waals surface area contributed by atoms with E-state index in [1.54, 1.807) is 0 Å². The van der Waals surface area contributed by atoms with Crippen molar-refractivity contribution in [2.24, 2.45) is 5.92 Å². The highest BCUT2D eigenvalue weighted by Gasteiger charge is 2.34. The molecule has 1 atom stereocenters. The zero-order chi connectivity index (χ0) is 13.3. The van der Waals surface area contributed by atoms with Crippen LogP contribution in [0, 0.1) is 5.92 Å². The first-order chi connectivity index (χ1) is 8.38. The van der Waals surface area contributed by atoms with Crippen LogP contribution in [0.15, 0.2) is 16.7 Å². The van der Waals surface area contributed by atoms with E-state index in [0.29, 0.717) is 5.92 Å². The highest BCUT2D eigenvalue weighted by molar-refractivity contribution is 9.10. The number of halogens is 4. The molecular weight excluding hydrogens is 309 g/mol. The third kappa shape index (κ3) is 2.96. The molecule has 1 aliphatic carbocycles. The second-order valence-corrected chi connectivity index (χ2v) is 5.53. The number of nitrogens with one attached hydrogen (secondary N) is 1. The number of hydrogen-bond donors (Lipinski definition) is 1. The third-order valence-electron chi connectivity index (χ3n) is 3.39. The SMILES string of the molecule is CC(Nc1cc(C(F)(F)F)c(Br)cn1)C1CCC1. The Labute approximate surface area is 112 Å². The summed E-state index contributed by atoms with van der Waals surface area (Å²) in [7, 11) is 0. The van der Waals surface area contributed by atoms with Gasteiger partial charge in [0.15, 0.2) is 0 Å². The summed E-state index contributed by atoms with van der Waals surface area (Å²) in [5, 5.41) is 3.05. The molecule has 1 unspecified atom stereocenters. The molecule has 100 valence electrons. The molecule has 1 aromatic heterocycles. The summed E-state index contributed by atoms with van der Waals surface area (Å²) in [6.45, 7) is 1.99. The quantitative estimate of drug-likeness (QED) is 0.888. The van der Waals surface area contributed by atoms with Crippen molar-refractivity contribution < 1.29 is 13.2 Å². The monoisotopic (exact) mass is 322 g/mol.